The van der Waals surface area contributed by atoms with Crippen LogP contribution in [0.3, 0.4) is 0 Å². The molecule has 0 unspecified atom stereocenters. The standard InChI is InChI=1S/C11H21N/c1-4-8-12-9-6-11(3,5-2)7-10-12/h5H,2,4,6-10H2,1,3H3. The van der Waals surface area contributed by atoms with E-state index in [2.05, 4.69) is 31.4 Å². The zero-order valence-electron chi connectivity index (χ0n) is 8.47. The largest absolute Gasteiger partial charge is 0.303 e. The van der Waals surface area contributed by atoms with Gasteiger partial charge in [0, 0.05) is 0 Å². The highest BCUT2D eigenvalue weighted by molar-refractivity contribution is 4.94. The van der Waals surface area contributed by atoms with Gasteiger partial charge in [-0.3, -0.25) is 0 Å². The number of nitrogens with zero attached hydrogens (tertiary/aromatic N) is 1. The van der Waals surface area contributed by atoms with E-state index in [0.717, 1.165) is 0 Å². The Hall–Kier alpha value is -0.300. The molecule has 0 aromatic rings. The molecule has 0 aliphatic carbocycles. The van der Waals surface area contributed by atoms with Crippen LogP contribution in [0, 0.1) is 5.41 Å². The zero-order chi connectivity index (χ0) is 9.03. The van der Waals surface area contributed by atoms with Crippen LogP contribution in [0.2, 0.25) is 0 Å². The predicted octanol–water partition coefficient (Wildman–Crippen LogP) is 2.68. The Bertz CT molecular complexity index is 143. The summed E-state index contributed by atoms with van der Waals surface area (Å²) in [5.74, 6) is 0. The maximum atomic E-state index is 3.91. The van der Waals surface area contributed by atoms with Crippen molar-refractivity contribution in [1.82, 2.24) is 4.90 Å². The van der Waals surface area contributed by atoms with Crippen molar-refractivity contribution in [2.45, 2.75) is 33.1 Å². The van der Waals surface area contributed by atoms with Gasteiger partial charge in [0.1, 0.15) is 0 Å². The molecule has 0 saturated carbocycles. The molecule has 0 aromatic carbocycles. The summed E-state index contributed by atoms with van der Waals surface area (Å²) in [5, 5.41) is 0. The first-order chi connectivity index (χ1) is 5.70. The lowest BCUT2D eigenvalue weighted by atomic mass is 9.81. The normalized spacial score (nSPS) is 23.8. The Kier molecular flexibility index (Phi) is 3.33. The number of hydrogen-bond acceptors (Lipinski definition) is 1. The molecule has 0 bridgehead atoms. The lowest BCUT2D eigenvalue weighted by Gasteiger charge is -2.37. The van der Waals surface area contributed by atoms with Gasteiger partial charge in [0.25, 0.3) is 0 Å². The smallest absolute Gasteiger partial charge is 0.00106 e. The van der Waals surface area contributed by atoms with E-state index in [1.54, 1.807) is 0 Å². The van der Waals surface area contributed by atoms with E-state index in [1.165, 1.54) is 38.9 Å². The Morgan fingerprint density at radius 3 is 2.42 bits per heavy atom. The van der Waals surface area contributed by atoms with Crippen LogP contribution in [0.25, 0.3) is 0 Å². The highest BCUT2D eigenvalue weighted by Gasteiger charge is 2.26. The van der Waals surface area contributed by atoms with Gasteiger partial charge in [-0.15, -0.1) is 6.58 Å². The monoisotopic (exact) mass is 167 g/mol. The third kappa shape index (κ3) is 2.34. The number of piperidine rings is 1. The first kappa shape index (κ1) is 9.79. The molecule has 12 heavy (non-hydrogen) atoms. The molecule has 1 heterocycles. The summed E-state index contributed by atoms with van der Waals surface area (Å²) in [5.41, 5.74) is 0.421. The van der Waals surface area contributed by atoms with Crippen molar-refractivity contribution in [3.63, 3.8) is 0 Å². The maximum absolute atomic E-state index is 3.91. The lowest BCUT2D eigenvalue weighted by Crippen LogP contribution is -2.38. The summed E-state index contributed by atoms with van der Waals surface area (Å²) in [4.78, 5) is 2.56. The van der Waals surface area contributed by atoms with Crippen LogP contribution < -0.4 is 0 Å². The van der Waals surface area contributed by atoms with E-state index >= 15 is 0 Å². The van der Waals surface area contributed by atoms with Crippen molar-refractivity contribution in [1.29, 1.82) is 0 Å². The minimum atomic E-state index is 0.421. The van der Waals surface area contributed by atoms with Gasteiger partial charge < -0.3 is 4.90 Å². The average Bonchev–Trinajstić information content (AvgIpc) is 2.10. The molecule has 1 fully saturated rings. The van der Waals surface area contributed by atoms with Crippen molar-refractivity contribution in [3.05, 3.63) is 12.7 Å². The second-order valence-corrected chi connectivity index (χ2v) is 4.20. The number of allylic oxidation sites excluding steroid dienone is 1. The van der Waals surface area contributed by atoms with E-state index in [-0.39, 0.29) is 0 Å². The minimum absolute atomic E-state index is 0.421. The van der Waals surface area contributed by atoms with E-state index in [1.807, 2.05) is 0 Å². The molecule has 0 radical (unpaired) electrons. The second-order valence-electron chi connectivity index (χ2n) is 4.20. The van der Waals surface area contributed by atoms with Crippen LogP contribution in [-0.2, 0) is 0 Å². The Morgan fingerprint density at radius 2 is 2.00 bits per heavy atom. The third-order valence-electron chi connectivity index (χ3n) is 3.03. The van der Waals surface area contributed by atoms with Gasteiger partial charge in [-0.1, -0.05) is 19.9 Å². The first-order valence-corrected chi connectivity index (χ1v) is 5.06. The fraction of sp³-hybridized carbons (Fsp3) is 0.818. The Balaban J connectivity index is 2.33. The van der Waals surface area contributed by atoms with Crippen LogP contribution in [0.5, 0.6) is 0 Å². The summed E-state index contributed by atoms with van der Waals surface area (Å²) in [6.45, 7) is 12.3. The van der Waals surface area contributed by atoms with Crippen LogP contribution in [0.1, 0.15) is 33.1 Å². The minimum Gasteiger partial charge on any atom is -0.303 e. The van der Waals surface area contributed by atoms with Crippen molar-refractivity contribution >= 4 is 0 Å². The average molecular weight is 167 g/mol. The van der Waals surface area contributed by atoms with Crippen molar-refractivity contribution in [2.24, 2.45) is 5.41 Å². The van der Waals surface area contributed by atoms with Gasteiger partial charge in [0.05, 0.1) is 0 Å². The molecule has 1 rings (SSSR count). The van der Waals surface area contributed by atoms with Crippen molar-refractivity contribution in [2.75, 3.05) is 19.6 Å². The highest BCUT2D eigenvalue weighted by atomic mass is 15.1. The molecule has 0 atom stereocenters. The molecular formula is C11H21N. The maximum Gasteiger partial charge on any atom is -0.00106 e. The van der Waals surface area contributed by atoms with Crippen LogP contribution in [-0.4, -0.2) is 24.5 Å². The van der Waals surface area contributed by atoms with Gasteiger partial charge >= 0.3 is 0 Å². The number of rotatable bonds is 3. The molecule has 0 N–H and O–H groups in total. The molecule has 1 saturated heterocycles. The predicted molar refractivity (Wildman–Crippen MR) is 54.3 cm³/mol. The zero-order valence-corrected chi connectivity index (χ0v) is 8.47. The fourth-order valence-electron chi connectivity index (χ4n) is 1.81. The van der Waals surface area contributed by atoms with Gasteiger partial charge in [0.2, 0.25) is 0 Å². The number of hydrogen-bond donors (Lipinski definition) is 0. The molecule has 1 nitrogen and oxygen atoms in total. The lowest BCUT2D eigenvalue weighted by molar-refractivity contribution is 0.153. The molecule has 1 aliphatic heterocycles. The van der Waals surface area contributed by atoms with Gasteiger partial charge in [-0.25, -0.2) is 0 Å². The molecule has 1 heteroatoms. The molecular weight excluding hydrogens is 146 g/mol. The van der Waals surface area contributed by atoms with Crippen LogP contribution >= 0.6 is 0 Å². The number of likely N-dealkylation sites (tertiary alicyclic amines) is 1. The molecule has 0 spiro atoms. The molecule has 0 amide bonds. The van der Waals surface area contributed by atoms with Gasteiger partial charge in [-0.05, 0) is 44.3 Å². The Morgan fingerprint density at radius 1 is 1.42 bits per heavy atom. The van der Waals surface area contributed by atoms with E-state index in [9.17, 15) is 0 Å². The quantitative estimate of drug-likeness (QED) is 0.584. The topological polar surface area (TPSA) is 3.24 Å². The van der Waals surface area contributed by atoms with E-state index in [4.69, 9.17) is 0 Å². The molecule has 1 aliphatic rings. The summed E-state index contributed by atoms with van der Waals surface area (Å²) in [6.07, 6.45) is 5.99. The van der Waals surface area contributed by atoms with Gasteiger partial charge in [0.15, 0.2) is 0 Å². The summed E-state index contributed by atoms with van der Waals surface area (Å²) in [7, 11) is 0. The second kappa shape index (κ2) is 4.08. The Labute approximate surface area is 76.5 Å². The van der Waals surface area contributed by atoms with E-state index in [0.29, 0.717) is 5.41 Å². The molecule has 0 aromatic heterocycles. The highest BCUT2D eigenvalue weighted by Crippen LogP contribution is 2.31. The fourth-order valence-corrected chi connectivity index (χ4v) is 1.81. The first-order valence-electron chi connectivity index (χ1n) is 5.06. The summed E-state index contributed by atoms with van der Waals surface area (Å²) < 4.78 is 0. The van der Waals surface area contributed by atoms with Crippen molar-refractivity contribution < 1.29 is 0 Å². The van der Waals surface area contributed by atoms with Crippen molar-refractivity contribution in [3.8, 4) is 0 Å². The summed E-state index contributed by atoms with van der Waals surface area (Å²) >= 11 is 0. The molecule has 70 valence electrons. The SMILES string of the molecule is C=CC1(C)CCN(CCC)CC1. The van der Waals surface area contributed by atoms with Crippen LogP contribution in [0.15, 0.2) is 12.7 Å². The third-order valence-corrected chi connectivity index (χ3v) is 3.03. The van der Waals surface area contributed by atoms with E-state index < -0.39 is 0 Å². The summed E-state index contributed by atoms with van der Waals surface area (Å²) in [6, 6.07) is 0. The van der Waals surface area contributed by atoms with Gasteiger partial charge in [-0.2, -0.15) is 0 Å². The van der Waals surface area contributed by atoms with Crippen LogP contribution in [0.4, 0.5) is 0 Å².